The van der Waals surface area contributed by atoms with Crippen LogP contribution in [0.2, 0.25) is 0 Å². The summed E-state index contributed by atoms with van der Waals surface area (Å²) in [7, 11) is -3.40. The van der Waals surface area contributed by atoms with Gasteiger partial charge in [0.15, 0.2) is 0 Å². The zero-order valence-electron chi connectivity index (χ0n) is 15.7. The van der Waals surface area contributed by atoms with Crippen molar-refractivity contribution >= 4 is 10.0 Å². The first kappa shape index (κ1) is 19.4. The van der Waals surface area contributed by atoms with E-state index in [0.29, 0.717) is 35.9 Å². The van der Waals surface area contributed by atoms with Crippen molar-refractivity contribution in [2.24, 2.45) is 5.92 Å². The van der Waals surface area contributed by atoms with Gasteiger partial charge in [-0.3, -0.25) is 4.90 Å². The van der Waals surface area contributed by atoms with E-state index in [1.165, 1.54) is 5.56 Å². The molecule has 1 aromatic rings. The number of nitrogens with zero attached hydrogens (tertiary/aromatic N) is 2. The summed E-state index contributed by atoms with van der Waals surface area (Å²) in [6.45, 7) is 13.8. The van der Waals surface area contributed by atoms with E-state index in [1.54, 1.807) is 16.4 Å². The van der Waals surface area contributed by atoms with Crippen LogP contribution < -0.4 is 0 Å². The van der Waals surface area contributed by atoms with Gasteiger partial charge >= 0.3 is 0 Å². The Hall–Kier alpha value is -0.910. The standard InChI is InChI=1S/C19H32N2O2S/c1-6-20-11-12-21(14-18(20)13-15(2)3)24(22,23)19-9-7-17(8-10-19)16(4)5/h7-10,15-16,18H,6,11-14H2,1-5H3. The van der Waals surface area contributed by atoms with Crippen LogP contribution in [0.1, 0.15) is 52.5 Å². The number of likely N-dealkylation sites (N-methyl/N-ethyl adjacent to an activating group) is 1. The molecule has 0 amide bonds. The minimum Gasteiger partial charge on any atom is -0.298 e. The summed E-state index contributed by atoms with van der Waals surface area (Å²) in [4.78, 5) is 2.83. The van der Waals surface area contributed by atoms with Gasteiger partial charge in [0.25, 0.3) is 0 Å². The maximum absolute atomic E-state index is 13.0. The molecule has 5 heteroatoms. The van der Waals surface area contributed by atoms with Gasteiger partial charge in [-0.1, -0.05) is 46.8 Å². The number of sulfonamides is 1. The lowest BCUT2D eigenvalue weighted by Crippen LogP contribution is -2.54. The van der Waals surface area contributed by atoms with Gasteiger partial charge in [0.05, 0.1) is 4.90 Å². The first-order chi connectivity index (χ1) is 11.3. The predicted molar refractivity (Wildman–Crippen MR) is 99.8 cm³/mol. The second-order valence-electron chi connectivity index (χ2n) is 7.50. The Morgan fingerprint density at radius 1 is 1.08 bits per heavy atom. The maximum atomic E-state index is 13.0. The van der Waals surface area contributed by atoms with Gasteiger partial charge in [-0.25, -0.2) is 8.42 Å². The minimum atomic E-state index is -3.40. The number of rotatable bonds is 6. The van der Waals surface area contributed by atoms with Crippen molar-refractivity contribution in [3.05, 3.63) is 29.8 Å². The largest absolute Gasteiger partial charge is 0.298 e. The summed E-state index contributed by atoms with van der Waals surface area (Å²) in [6.07, 6.45) is 1.03. The molecule has 1 fully saturated rings. The van der Waals surface area contributed by atoms with Crippen LogP contribution in [0.15, 0.2) is 29.2 Å². The average molecular weight is 353 g/mol. The van der Waals surface area contributed by atoms with Crippen LogP contribution in [0.5, 0.6) is 0 Å². The molecule has 0 bridgehead atoms. The van der Waals surface area contributed by atoms with Crippen LogP contribution >= 0.6 is 0 Å². The van der Waals surface area contributed by atoms with Gasteiger partial charge in [0, 0.05) is 25.7 Å². The molecule has 0 aliphatic carbocycles. The van der Waals surface area contributed by atoms with Crippen molar-refractivity contribution in [2.75, 3.05) is 26.2 Å². The maximum Gasteiger partial charge on any atom is 0.243 e. The fraction of sp³-hybridized carbons (Fsp3) is 0.684. The molecule has 136 valence electrons. The van der Waals surface area contributed by atoms with Crippen molar-refractivity contribution in [3.8, 4) is 0 Å². The first-order valence-electron chi connectivity index (χ1n) is 9.09. The molecular formula is C19H32N2O2S. The van der Waals surface area contributed by atoms with Crippen molar-refractivity contribution in [2.45, 2.75) is 57.9 Å². The molecule has 0 spiro atoms. The molecular weight excluding hydrogens is 320 g/mol. The monoisotopic (exact) mass is 352 g/mol. The molecule has 1 aliphatic heterocycles. The average Bonchev–Trinajstić information content (AvgIpc) is 2.54. The summed E-state index contributed by atoms with van der Waals surface area (Å²) < 4.78 is 27.7. The van der Waals surface area contributed by atoms with Crippen LogP contribution in [0, 0.1) is 5.92 Å². The van der Waals surface area contributed by atoms with Gasteiger partial charge < -0.3 is 0 Å². The van der Waals surface area contributed by atoms with Crippen molar-refractivity contribution in [1.82, 2.24) is 9.21 Å². The van der Waals surface area contributed by atoms with Crippen LogP contribution in [-0.2, 0) is 10.0 Å². The highest BCUT2D eigenvalue weighted by Crippen LogP contribution is 2.24. The van der Waals surface area contributed by atoms with Crippen molar-refractivity contribution in [3.63, 3.8) is 0 Å². The second-order valence-corrected chi connectivity index (χ2v) is 9.44. The number of piperazine rings is 1. The van der Waals surface area contributed by atoms with Crippen LogP contribution in [0.3, 0.4) is 0 Å². The lowest BCUT2D eigenvalue weighted by Gasteiger charge is -2.41. The van der Waals surface area contributed by atoms with E-state index in [-0.39, 0.29) is 0 Å². The van der Waals surface area contributed by atoms with Gasteiger partial charge in [-0.05, 0) is 42.5 Å². The van der Waals surface area contributed by atoms with E-state index in [4.69, 9.17) is 0 Å². The smallest absolute Gasteiger partial charge is 0.243 e. The SMILES string of the molecule is CCN1CCN(S(=O)(=O)c2ccc(C(C)C)cc2)CC1CC(C)C. The fourth-order valence-corrected chi connectivity index (χ4v) is 4.91. The lowest BCUT2D eigenvalue weighted by molar-refractivity contribution is 0.108. The molecule has 0 aromatic heterocycles. The summed E-state index contributed by atoms with van der Waals surface area (Å²) >= 11 is 0. The second kappa shape index (κ2) is 7.98. The summed E-state index contributed by atoms with van der Waals surface area (Å²) in [5.41, 5.74) is 1.17. The third kappa shape index (κ3) is 4.38. The number of benzene rings is 1. The third-order valence-electron chi connectivity index (χ3n) is 4.90. The van der Waals surface area contributed by atoms with E-state index in [9.17, 15) is 8.42 Å². The summed E-state index contributed by atoms with van der Waals surface area (Å²) in [6, 6.07) is 7.70. The Balaban J connectivity index is 2.19. The zero-order valence-corrected chi connectivity index (χ0v) is 16.5. The Bertz CT molecular complexity index is 623. The molecule has 1 heterocycles. The quantitative estimate of drug-likeness (QED) is 0.786. The van der Waals surface area contributed by atoms with Crippen LogP contribution in [0.25, 0.3) is 0 Å². The molecule has 2 rings (SSSR count). The lowest BCUT2D eigenvalue weighted by atomic mass is 10.0. The Morgan fingerprint density at radius 2 is 1.71 bits per heavy atom. The van der Waals surface area contributed by atoms with E-state index in [2.05, 4.69) is 39.5 Å². The van der Waals surface area contributed by atoms with Gasteiger partial charge in [-0.15, -0.1) is 0 Å². The first-order valence-corrected chi connectivity index (χ1v) is 10.5. The Labute approximate surface area is 147 Å². The Morgan fingerprint density at radius 3 is 2.21 bits per heavy atom. The molecule has 1 unspecified atom stereocenters. The molecule has 1 saturated heterocycles. The molecule has 1 atom stereocenters. The molecule has 24 heavy (non-hydrogen) atoms. The Kier molecular flexibility index (Phi) is 6.46. The molecule has 1 aromatic carbocycles. The number of hydrogen-bond acceptors (Lipinski definition) is 3. The van der Waals surface area contributed by atoms with Crippen LogP contribution in [-0.4, -0.2) is 49.8 Å². The zero-order chi connectivity index (χ0) is 17.9. The van der Waals surface area contributed by atoms with Crippen molar-refractivity contribution < 1.29 is 8.42 Å². The molecule has 0 saturated carbocycles. The van der Waals surface area contributed by atoms with Gasteiger partial charge in [0.2, 0.25) is 10.0 Å². The van der Waals surface area contributed by atoms with Crippen molar-refractivity contribution in [1.29, 1.82) is 0 Å². The predicted octanol–water partition coefficient (Wildman–Crippen LogP) is 3.55. The van der Waals surface area contributed by atoms with E-state index >= 15 is 0 Å². The van der Waals surface area contributed by atoms with Gasteiger partial charge in [-0.2, -0.15) is 4.31 Å². The number of hydrogen-bond donors (Lipinski definition) is 0. The van der Waals surface area contributed by atoms with Crippen LogP contribution in [0.4, 0.5) is 0 Å². The molecule has 4 nitrogen and oxygen atoms in total. The third-order valence-corrected chi connectivity index (χ3v) is 6.78. The summed E-state index contributed by atoms with van der Waals surface area (Å²) in [5.74, 6) is 0.974. The summed E-state index contributed by atoms with van der Waals surface area (Å²) in [5, 5.41) is 0. The van der Waals surface area contributed by atoms with E-state index < -0.39 is 10.0 Å². The fourth-order valence-electron chi connectivity index (χ4n) is 3.44. The van der Waals surface area contributed by atoms with Gasteiger partial charge in [0.1, 0.15) is 0 Å². The highest BCUT2D eigenvalue weighted by Gasteiger charge is 2.33. The normalized spacial score (nSPS) is 20.9. The highest BCUT2D eigenvalue weighted by molar-refractivity contribution is 7.89. The van der Waals surface area contributed by atoms with E-state index in [0.717, 1.165) is 19.5 Å². The molecule has 0 radical (unpaired) electrons. The molecule has 1 aliphatic rings. The minimum absolute atomic E-state index is 0.313. The van der Waals surface area contributed by atoms with E-state index in [1.807, 2.05) is 12.1 Å². The highest BCUT2D eigenvalue weighted by atomic mass is 32.2. The molecule has 0 N–H and O–H groups in total. The topological polar surface area (TPSA) is 40.6 Å².